The number of halogens is 2. The largest absolute Gasteiger partial charge is 0.394 e. The van der Waals surface area contributed by atoms with Gasteiger partial charge in [0, 0.05) is 27.9 Å². The van der Waals surface area contributed by atoms with E-state index < -0.39 is 5.82 Å². The van der Waals surface area contributed by atoms with E-state index >= 15 is 0 Å². The molecular weight excluding hydrogens is 333 g/mol. The summed E-state index contributed by atoms with van der Waals surface area (Å²) in [5.41, 5.74) is 8.02. The first-order valence-corrected chi connectivity index (χ1v) is 7.61. The SMILES string of the molecule is Cc1noc(C)c1-c1cc(N)c(=O)n(Cc2ccc(Cl)cc2F)c1. The van der Waals surface area contributed by atoms with Gasteiger partial charge in [-0.25, -0.2) is 4.39 Å². The fourth-order valence-electron chi connectivity index (χ4n) is 2.64. The van der Waals surface area contributed by atoms with E-state index in [1.165, 1.54) is 10.6 Å². The first-order chi connectivity index (χ1) is 11.4. The number of aryl methyl sites for hydroxylation is 2. The van der Waals surface area contributed by atoms with Gasteiger partial charge >= 0.3 is 0 Å². The van der Waals surface area contributed by atoms with Gasteiger partial charge in [-0.2, -0.15) is 0 Å². The molecule has 2 N–H and O–H groups in total. The van der Waals surface area contributed by atoms with Crippen molar-refractivity contribution in [2.24, 2.45) is 0 Å². The highest BCUT2D eigenvalue weighted by Crippen LogP contribution is 2.27. The lowest BCUT2D eigenvalue weighted by Gasteiger charge is -2.11. The average Bonchev–Trinajstić information content (AvgIpc) is 2.85. The molecule has 0 amide bonds. The number of aromatic nitrogens is 2. The van der Waals surface area contributed by atoms with E-state index in [1.807, 2.05) is 0 Å². The maximum Gasteiger partial charge on any atom is 0.274 e. The molecule has 7 heteroatoms. The van der Waals surface area contributed by atoms with Crippen molar-refractivity contribution in [3.63, 3.8) is 0 Å². The summed E-state index contributed by atoms with van der Waals surface area (Å²) in [6, 6.07) is 5.91. The number of hydrogen-bond donors (Lipinski definition) is 1. The van der Waals surface area contributed by atoms with Crippen molar-refractivity contribution in [2.45, 2.75) is 20.4 Å². The number of nitrogens with two attached hydrogens (primary N) is 1. The third kappa shape index (κ3) is 2.92. The zero-order chi connectivity index (χ0) is 17.4. The average molecular weight is 348 g/mol. The maximum absolute atomic E-state index is 14.0. The molecule has 124 valence electrons. The first-order valence-electron chi connectivity index (χ1n) is 7.24. The van der Waals surface area contributed by atoms with Crippen LogP contribution in [-0.2, 0) is 6.54 Å². The van der Waals surface area contributed by atoms with Crippen LogP contribution in [0, 0.1) is 19.7 Å². The molecule has 0 aliphatic carbocycles. The third-order valence-electron chi connectivity index (χ3n) is 3.79. The second-order valence-electron chi connectivity index (χ2n) is 5.55. The molecule has 3 rings (SSSR count). The van der Waals surface area contributed by atoms with Crippen LogP contribution >= 0.6 is 11.6 Å². The summed E-state index contributed by atoms with van der Waals surface area (Å²) >= 11 is 5.76. The Morgan fingerprint density at radius 3 is 2.71 bits per heavy atom. The van der Waals surface area contributed by atoms with Gasteiger partial charge in [0.05, 0.1) is 17.9 Å². The Balaban J connectivity index is 2.10. The van der Waals surface area contributed by atoms with Crippen LogP contribution in [0.5, 0.6) is 0 Å². The smallest absolute Gasteiger partial charge is 0.274 e. The van der Waals surface area contributed by atoms with E-state index in [0.717, 1.165) is 5.56 Å². The molecule has 0 aliphatic rings. The summed E-state index contributed by atoms with van der Waals surface area (Å²) in [7, 11) is 0. The molecule has 2 heterocycles. The van der Waals surface area contributed by atoms with Crippen molar-refractivity contribution in [3.05, 3.63) is 68.7 Å². The van der Waals surface area contributed by atoms with Crippen molar-refractivity contribution >= 4 is 17.3 Å². The van der Waals surface area contributed by atoms with E-state index in [9.17, 15) is 9.18 Å². The van der Waals surface area contributed by atoms with Crippen LogP contribution in [0.4, 0.5) is 10.1 Å². The zero-order valence-corrected chi connectivity index (χ0v) is 13.9. The van der Waals surface area contributed by atoms with Gasteiger partial charge in [-0.05, 0) is 32.0 Å². The number of pyridine rings is 1. The van der Waals surface area contributed by atoms with E-state index in [4.69, 9.17) is 21.9 Å². The topological polar surface area (TPSA) is 74.1 Å². The molecule has 3 aromatic rings. The Morgan fingerprint density at radius 2 is 2.08 bits per heavy atom. The van der Waals surface area contributed by atoms with Crippen LogP contribution in [0.25, 0.3) is 11.1 Å². The first kappa shape index (κ1) is 16.3. The Morgan fingerprint density at radius 1 is 1.33 bits per heavy atom. The van der Waals surface area contributed by atoms with Crippen molar-refractivity contribution < 1.29 is 8.91 Å². The minimum Gasteiger partial charge on any atom is -0.394 e. The van der Waals surface area contributed by atoms with Crippen LogP contribution in [-0.4, -0.2) is 9.72 Å². The summed E-state index contributed by atoms with van der Waals surface area (Å²) in [6.45, 7) is 3.62. The Bertz CT molecular complexity index is 959. The number of nitrogens with zero attached hydrogens (tertiary/aromatic N) is 2. The van der Waals surface area contributed by atoms with Crippen LogP contribution < -0.4 is 11.3 Å². The monoisotopic (exact) mass is 347 g/mol. The minimum absolute atomic E-state index is 0.0449. The molecule has 0 bridgehead atoms. The molecule has 0 spiro atoms. The maximum atomic E-state index is 14.0. The molecule has 5 nitrogen and oxygen atoms in total. The predicted molar refractivity (Wildman–Crippen MR) is 90.6 cm³/mol. The lowest BCUT2D eigenvalue weighted by atomic mass is 10.1. The minimum atomic E-state index is -0.476. The van der Waals surface area contributed by atoms with E-state index in [0.29, 0.717) is 27.6 Å². The summed E-state index contributed by atoms with van der Waals surface area (Å²) in [5.74, 6) is 0.144. The molecule has 2 aromatic heterocycles. The zero-order valence-electron chi connectivity index (χ0n) is 13.1. The molecular formula is C17H15ClFN3O2. The van der Waals surface area contributed by atoms with Crippen LogP contribution in [0.15, 0.2) is 39.8 Å². The fraction of sp³-hybridized carbons (Fsp3) is 0.176. The number of benzene rings is 1. The second-order valence-corrected chi connectivity index (χ2v) is 5.99. The molecule has 0 atom stereocenters. The van der Waals surface area contributed by atoms with Crippen LogP contribution in [0.2, 0.25) is 5.02 Å². The van der Waals surface area contributed by atoms with Gasteiger partial charge in [0.15, 0.2) is 0 Å². The number of hydrogen-bond acceptors (Lipinski definition) is 4. The van der Waals surface area contributed by atoms with Gasteiger partial charge in [0.1, 0.15) is 11.6 Å². The van der Waals surface area contributed by atoms with Crippen molar-refractivity contribution in [2.75, 3.05) is 5.73 Å². The van der Waals surface area contributed by atoms with Gasteiger partial charge in [-0.1, -0.05) is 22.8 Å². The normalized spacial score (nSPS) is 11.0. The molecule has 0 fully saturated rings. The lowest BCUT2D eigenvalue weighted by molar-refractivity contribution is 0.393. The van der Waals surface area contributed by atoms with Gasteiger partial charge in [-0.3, -0.25) is 4.79 Å². The van der Waals surface area contributed by atoms with Crippen molar-refractivity contribution in [1.82, 2.24) is 9.72 Å². The van der Waals surface area contributed by atoms with Crippen molar-refractivity contribution in [1.29, 1.82) is 0 Å². The Kier molecular flexibility index (Phi) is 4.15. The summed E-state index contributed by atoms with van der Waals surface area (Å²) in [6.07, 6.45) is 1.62. The van der Waals surface area contributed by atoms with Gasteiger partial charge < -0.3 is 14.8 Å². The molecule has 1 aromatic carbocycles. The van der Waals surface area contributed by atoms with Gasteiger partial charge in [-0.15, -0.1) is 0 Å². The molecule has 24 heavy (non-hydrogen) atoms. The van der Waals surface area contributed by atoms with E-state index in [2.05, 4.69) is 5.16 Å². The van der Waals surface area contributed by atoms with Gasteiger partial charge in [0.25, 0.3) is 5.56 Å². The molecule has 0 saturated heterocycles. The summed E-state index contributed by atoms with van der Waals surface area (Å²) in [5, 5.41) is 4.20. The molecule has 0 unspecified atom stereocenters. The van der Waals surface area contributed by atoms with Crippen LogP contribution in [0.1, 0.15) is 17.0 Å². The second kappa shape index (κ2) is 6.13. The highest BCUT2D eigenvalue weighted by molar-refractivity contribution is 6.30. The summed E-state index contributed by atoms with van der Waals surface area (Å²) in [4.78, 5) is 12.3. The summed E-state index contributed by atoms with van der Waals surface area (Å²) < 4.78 is 20.5. The third-order valence-corrected chi connectivity index (χ3v) is 4.03. The Hall–Kier alpha value is -2.60. The van der Waals surface area contributed by atoms with Crippen LogP contribution in [0.3, 0.4) is 0 Å². The Labute approximate surface area is 142 Å². The van der Waals surface area contributed by atoms with Crippen molar-refractivity contribution in [3.8, 4) is 11.1 Å². The molecule has 0 aliphatic heterocycles. The van der Waals surface area contributed by atoms with E-state index in [-0.39, 0.29) is 17.8 Å². The molecule has 0 radical (unpaired) electrons. The number of rotatable bonds is 3. The highest BCUT2D eigenvalue weighted by Gasteiger charge is 2.15. The number of nitrogen functional groups attached to an aromatic ring is 1. The van der Waals surface area contributed by atoms with E-state index in [1.54, 1.807) is 38.2 Å². The molecule has 0 saturated carbocycles. The highest BCUT2D eigenvalue weighted by atomic mass is 35.5. The fourth-order valence-corrected chi connectivity index (χ4v) is 2.80. The predicted octanol–water partition coefficient (Wildman–Crippen LogP) is 3.54. The standard InChI is InChI=1S/C17H15ClFN3O2/c1-9-16(10(2)24-21-9)12-5-15(20)17(23)22(8-12)7-11-3-4-13(18)6-14(11)19/h3-6,8H,7,20H2,1-2H3. The number of anilines is 1. The quantitative estimate of drug-likeness (QED) is 0.786. The lowest BCUT2D eigenvalue weighted by Crippen LogP contribution is -2.23. The van der Waals surface area contributed by atoms with Gasteiger partial charge in [0.2, 0.25) is 0 Å².